The molecule has 172 valence electrons. The van der Waals surface area contributed by atoms with E-state index in [0.29, 0.717) is 19.1 Å². The fraction of sp³-hybridized carbons (Fsp3) is 0.462. The fourth-order valence-corrected chi connectivity index (χ4v) is 3.76. The van der Waals surface area contributed by atoms with Crippen molar-refractivity contribution in [3.63, 3.8) is 0 Å². The molecule has 2 aromatic carbocycles. The van der Waals surface area contributed by atoms with Crippen molar-refractivity contribution in [2.24, 2.45) is 0 Å². The molecule has 0 fully saturated rings. The van der Waals surface area contributed by atoms with E-state index >= 15 is 0 Å². The maximum Gasteiger partial charge on any atom is 0.245 e. The number of aryl methyl sites for hydroxylation is 2. The van der Waals surface area contributed by atoms with Gasteiger partial charge in [0.15, 0.2) is 0 Å². The summed E-state index contributed by atoms with van der Waals surface area (Å²) in [7, 11) is 1.52. The molecule has 6 nitrogen and oxygen atoms in total. The van der Waals surface area contributed by atoms with Crippen molar-refractivity contribution in [1.29, 1.82) is 0 Å². The minimum atomic E-state index is -0.0877. The first-order valence-corrected chi connectivity index (χ1v) is 11.5. The number of fused-ring (bicyclic) bond motifs is 1. The van der Waals surface area contributed by atoms with Crippen LogP contribution in [0.2, 0.25) is 0 Å². The number of aromatic nitrogens is 2. The van der Waals surface area contributed by atoms with Crippen molar-refractivity contribution in [3.8, 4) is 5.75 Å². The van der Waals surface area contributed by atoms with Gasteiger partial charge in [-0.15, -0.1) is 0 Å². The zero-order chi connectivity index (χ0) is 22.8. The Labute approximate surface area is 190 Å². The minimum absolute atomic E-state index is 0.0877. The van der Waals surface area contributed by atoms with E-state index in [1.54, 1.807) is 0 Å². The summed E-state index contributed by atoms with van der Waals surface area (Å²) < 4.78 is 13.1. The lowest BCUT2D eigenvalue weighted by atomic mass is 9.99. The third kappa shape index (κ3) is 6.57. The van der Waals surface area contributed by atoms with E-state index in [-0.39, 0.29) is 12.5 Å². The van der Waals surface area contributed by atoms with E-state index in [9.17, 15) is 4.79 Å². The molecule has 1 unspecified atom stereocenters. The second-order valence-corrected chi connectivity index (χ2v) is 8.14. The van der Waals surface area contributed by atoms with E-state index in [0.717, 1.165) is 54.8 Å². The lowest BCUT2D eigenvalue weighted by molar-refractivity contribution is -0.124. The zero-order valence-corrected chi connectivity index (χ0v) is 19.5. The normalized spacial score (nSPS) is 12.1. The molecule has 0 bridgehead atoms. The number of amides is 1. The van der Waals surface area contributed by atoms with E-state index in [1.807, 2.05) is 18.2 Å². The van der Waals surface area contributed by atoms with Crippen LogP contribution in [0.25, 0.3) is 11.0 Å². The number of nitrogens with one attached hydrogen (secondary N) is 1. The number of ether oxygens (including phenoxy) is 2. The first-order valence-electron chi connectivity index (χ1n) is 11.5. The lowest BCUT2D eigenvalue weighted by Gasteiger charge is -2.12. The zero-order valence-electron chi connectivity index (χ0n) is 19.5. The molecule has 1 N–H and O–H groups in total. The monoisotopic (exact) mass is 437 g/mol. The first kappa shape index (κ1) is 23.8. The molecule has 0 aliphatic rings. The van der Waals surface area contributed by atoms with Gasteiger partial charge in [-0.25, -0.2) is 4.98 Å². The average molecular weight is 438 g/mol. The van der Waals surface area contributed by atoms with Crippen LogP contribution < -0.4 is 10.1 Å². The Morgan fingerprint density at radius 1 is 1.12 bits per heavy atom. The van der Waals surface area contributed by atoms with Gasteiger partial charge in [-0.1, -0.05) is 38.1 Å². The molecule has 0 radical (unpaired) electrons. The second-order valence-electron chi connectivity index (χ2n) is 8.14. The predicted octanol–water partition coefficient (Wildman–Crippen LogP) is 4.71. The number of nitrogens with zero attached hydrogens (tertiary/aromatic N) is 2. The molecule has 0 spiro atoms. The molecule has 3 rings (SSSR count). The average Bonchev–Trinajstić information content (AvgIpc) is 3.17. The van der Waals surface area contributed by atoms with Gasteiger partial charge in [0.25, 0.3) is 0 Å². The summed E-state index contributed by atoms with van der Waals surface area (Å²) in [5, 5.41) is 2.87. The molecule has 1 heterocycles. The minimum Gasteiger partial charge on any atom is -0.494 e. The number of para-hydroxylation sites is 2. The molecule has 32 heavy (non-hydrogen) atoms. The third-order valence-electron chi connectivity index (χ3n) is 5.76. The third-order valence-corrected chi connectivity index (χ3v) is 5.76. The van der Waals surface area contributed by atoms with Gasteiger partial charge in [0, 0.05) is 26.6 Å². The molecule has 1 aromatic heterocycles. The molecule has 0 aliphatic carbocycles. The molecule has 6 heteroatoms. The Hall–Kier alpha value is -2.86. The van der Waals surface area contributed by atoms with E-state index in [4.69, 9.17) is 14.5 Å². The van der Waals surface area contributed by atoms with Gasteiger partial charge in [0.2, 0.25) is 5.91 Å². The lowest BCUT2D eigenvalue weighted by Crippen LogP contribution is -2.28. The SMILES string of the molecule is CCC(C)c1ccc(OCCCn2c(CCCNC(=O)COC)nc3ccccc32)cc1. The summed E-state index contributed by atoms with van der Waals surface area (Å²) in [5.41, 5.74) is 3.50. The molecular weight excluding hydrogens is 402 g/mol. The molecule has 0 saturated heterocycles. The molecule has 1 amide bonds. The van der Waals surface area contributed by atoms with Gasteiger partial charge in [-0.3, -0.25) is 4.79 Å². The molecule has 0 saturated carbocycles. The maximum absolute atomic E-state index is 11.5. The van der Waals surface area contributed by atoms with Crippen LogP contribution in [0.4, 0.5) is 0 Å². The quantitative estimate of drug-likeness (QED) is 0.393. The molecule has 1 atom stereocenters. The van der Waals surface area contributed by atoms with Crippen LogP contribution in [0.15, 0.2) is 48.5 Å². The Balaban J connectivity index is 1.54. The van der Waals surface area contributed by atoms with Gasteiger partial charge in [-0.2, -0.15) is 0 Å². The maximum atomic E-state index is 11.5. The van der Waals surface area contributed by atoms with Crippen LogP contribution in [0.5, 0.6) is 5.75 Å². The highest BCUT2D eigenvalue weighted by atomic mass is 16.5. The summed E-state index contributed by atoms with van der Waals surface area (Å²) in [6.45, 7) is 6.66. The summed E-state index contributed by atoms with van der Waals surface area (Å²) in [6.07, 6.45) is 3.67. The van der Waals surface area contributed by atoms with Crippen molar-refractivity contribution in [2.45, 2.75) is 52.0 Å². The number of rotatable bonds is 13. The molecule has 3 aromatic rings. The Morgan fingerprint density at radius 3 is 2.66 bits per heavy atom. The summed E-state index contributed by atoms with van der Waals surface area (Å²) in [6, 6.07) is 16.7. The predicted molar refractivity (Wildman–Crippen MR) is 128 cm³/mol. The van der Waals surface area contributed by atoms with E-state index in [2.05, 4.69) is 54.1 Å². The second kappa shape index (κ2) is 12.2. The summed E-state index contributed by atoms with van der Waals surface area (Å²) in [4.78, 5) is 16.4. The van der Waals surface area contributed by atoms with Gasteiger partial charge < -0.3 is 19.4 Å². The number of imidazole rings is 1. The van der Waals surface area contributed by atoms with E-state index < -0.39 is 0 Å². The van der Waals surface area contributed by atoms with Crippen LogP contribution in [-0.2, 0) is 22.5 Å². The summed E-state index contributed by atoms with van der Waals surface area (Å²) >= 11 is 0. The smallest absolute Gasteiger partial charge is 0.245 e. The number of carbonyl (C=O) groups is 1. The highest BCUT2D eigenvalue weighted by Gasteiger charge is 2.11. The molecular formula is C26H35N3O3. The van der Waals surface area contributed by atoms with Crippen molar-refractivity contribution < 1.29 is 14.3 Å². The highest BCUT2D eigenvalue weighted by molar-refractivity contribution is 5.77. The Morgan fingerprint density at radius 2 is 1.91 bits per heavy atom. The van der Waals surface area contributed by atoms with Crippen molar-refractivity contribution >= 4 is 16.9 Å². The van der Waals surface area contributed by atoms with Crippen molar-refractivity contribution in [2.75, 3.05) is 26.9 Å². The fourth-order valence-electron chi connectivity index (χ4n) is 3.76. The summed E-state index contributed by atoms with van der Waals surface area (Å²) in [5.74, 6) is 2.45. The number of methoxy groups -OCH3 is 1. The topological polar surface area (TPSA) is 65.4 Å². The Kier molecular flexibility index (Phi) is 9.11. The van der Waals surface area contributed by atoms with E-state index in [1.165, 1.54) is 12.7 Å². The highest BCUT2D eigenvalue weighted by Crippen LogP contribution is 2.22. The number of carbonyl (C=O) groups excluding carboxylic acids is 1. The van der Waals surface area contributed by atoms with Crippen LogP contribution >= 0.6 is 0 Å². The standard InChI is InChI=1S/C26H35N3O3/c1-4-20(2)21-12-14-22(15-13-21)32-18-8-17-29-24-10-6-5-9-23(24)28-25(29)11-7-16-27-26(30)19-31-3/h5-6,9-10,12-15,20H,4,7-8,11,16-19H2,1-3H3,(H,27,30). The van der Waals surface area contributed by atoms with Crippen LogP contribution in [-0.4, -0.2) is 42.3 Å². The first-order chi connectivity index (χ1) is 15.6. The number of hydrogen-bond donors (Lipinski definition) is 1. The van der Waals surface area contributed by atoms with Gasteiger partial charge in [0.1, 0.15) is 18.2 Å². The van der Waals surface area contributed by atoms with Crippen molar-refractivity contribution in [1.82, 2.24) is 14.9 Å². The van der Waals surface area contributed by atoms with Gasteiger partial charge in [-0.05, 0) is 55.0 Å². The van der Waals surface area contributed by atoms with Gasteiger partial charge in [0.05, 0.1) is 17.6 Å². The largest absolute Gasteiger partial charge is 0.494 e. The molecule has 0 aliphatic heterocycles. The van der Waals surface area contributed by atoms with Crippen LogP contribution in [0.3, 0.4) is 0 Å². The Bertz CT molecular complexity index is 982. The number of hydrogen-bond acceptors (Lipinski definition) is 4. The van der Waals surface area contributed by atoms with Gasteiger partial charge >= 0.3 is 0 Å². The van der Waals surface area contributed by atoms with Crippen molar-refractivity contribution in [3.05, 3.63) is 59.9 Å². The van der Waals surface area contributed by atoms with Crippen LogP contribution in [0.1, 0.15) is 50.4 Å². The number of benzene rings is 2. The van der Waals surface area contributed by atoms with Crippen LogP contribution in [0, 0.1) is 0 Å².